The molecule has 1 heterocycles. The normalized spacial score (nSPS) is 30.6. The van der Waals surface area contributed by atoms with E-state index in [9.17, 15) is 14.4 Å². The van der Waals surface area contributed by atoms with E-state index < -0.39 is 48.6 Å². The number of azide groups is 1. The third-order valence-electron chi connectivity index (χ3n) is 2.83. The lowest BCUT2D eigenvalue weighted by atomic mass is 9.97. The number of hydrogen-bond acceptors (Lipinski definition) is 8. The van der Waals surface area contributed by atoms with Crippen LogP contribution in [0, 0.1) is 0 Å². The average Bonchev–Trinajstić information content (AvgIpc) is 2.36. The Labute approximate surface area is 126 Å². The molecule has 0 aromatic carbocycles. The van der Waals surface area contributed by atoms with Crippen LogP contribution in [0.25, 0.3) is 10.4 Å². The minimum Gasteiger partial charge on any atom is -0.458 e. The zero-order valence-electron chi connectivity index (χ0n) is 12.6. The van der Waals surface area contributed by atoms with Crippen molar-refractivity contribution in [1.82, 2.24) is 0 Å². The summed E-state index contributed by atoms with van der Waals surface area (Å²) in [5.41, 5.74) is 8.64. The van der Waals surface area contributed by atoms with E-state index >= 15 is 0 Å². The van der Waals surface area contributed by atoms with Crippen molar-refractivity contribution < 1.29 is 33.3 Å². The van der Waals surface area contributed by atoms with Crippen LogP contribution in [0.15, 0.2) is 5.11 Å². The van der Waals surface area contributed by atoms with E-state index in [1.807, 2.05) is 0 Å². The smallest absolute Gasteiger partial charge is 0.305 e. The molecule has 122 valence electrons. The topological polar surface area (TPSA) is 137 Å². The fraction of sp³-hybridized carbons (Fsp3) is 0.750. The molecule has 0 radical (unpaired) electrons. The highest BCUT2D eigenvalue weighted by molar-refractivity contribution is 5.68. The molecular formula is C12H17N3O7. The molecule has 1 aliphatic rings. The van der Waals surface area contributed by atoms with Crippen molar-refractivity contribution >= 4 is 17.9 Å². The Morgan fingerprint density at radius 3 is 1.95 bits per heavy atom. The number of carbonyl (C=O) groups is 3. The van der Waals surface area contributed by atoms with Gasteiger partial charge in [0.25, 0.3) is 0 Å². The Hall–Kier alpha value is -2.32. The van der Waals surface area contributed by atoms with Crippen molar-refractivity contribution in [3.05, 3.63) is 10.4 Å². The second kappa shape index (κ2) is 7.62. The first kappa shape index (κ1) is 17.7. The molecule has 5 atom stereocenters. The third-order valence-corrected chi connectivity index (χ3v) is 2.83. The largest absolute Gasteiger partial charge is 0.458 e. The highest BCUT2D eigenvalue weighted by Crippen LogP contribution is 2.29. The van der Waals surface area contributed by atoms with Gasteiger partial charge in [-0.05, 0) is 12.5 Å². The fourth-order valence-electron chi connectivity index (χ4n) is 2.11. The van der Waals surface area contributed by atoms with E-state index in [-0.39, 0.29) is 0 Å². The van der Waals surface area contributed by atoms with Gasteiger partial charge in [0, 0.05) is 25.7 Å². The van der Waals surface area contributed by atoms with Crippen LogP contribution in [0.3, 0.4) is 0 Å². The van der Waals surface area contributed by atoms with Crippen molar-refractivity contribution in [2.75, 3.05) is 0 Å². The van der Waals surface area contributed by atoms with Gasteiger partial charge < -0.3 is 18.9 Å². The summed E-state index contributed by atoms with van der Waals surface area (Å²) >= 11 is 0. The van der Waals surface area contributed by atoms with Crippen LogP contribution in [-0.4, -0.2) is 48.6 Å². The highest BCUT2D eigenvalue weighted by Gasteiger charge is 2.49. The molecule has 1 aliphatic heterocycles. The Balaban J connectivity index is 3.17. The predicted molar refractivity (Wildman–Crippen MR) is 70.1 cm³/mol. The molecule has 0 saturated carbocycles. The molecule has 10 nitrogen and oxygen atoms in total. The van der Waals surface area contributed by atoms with Gasteiger partial charge in [-0.15, -0.1) is 0 Å². The summed E-state index contributed by atoms with van der Waals surface area (Å²) < 4.78 is 20.5. The molecule has 1 fully saturated rings. The lowest BCUT2D eigenvalue weighted by Gasteiger charge is -2.41. The second-order valence-corrected chi connectivity index (χ2v) is 4.66. The van der Waals surface area contributed by atoms with Gasteiger partial charge in [0.2, 0.25) is 12.4 Å². The average molecular weight is 315 g/mol. The van der Waals surface area contributed by atoms with E-state index in [1.54, 1.807) is 6.92 Å². The zero-order valence-corrected chi connectivity index (χ0v) is 12.6. The Bertz CT molecular complexity index is 503. The first-order valence-corrected chi connectivity index (χ1v) is 6.47. The molecular weight excluding hydrogens is 298 g/mol. The van der Waals surface area contributed by atoms with Crippen molar-refractivity contribution in [2.45, 2.75) is 58.3 Å². The van der Waals surface area contributed by atoms with E-state index in [0.717, 1.165) is 20.8 Å². The van der Waals surface area contributed by atoms with Crippen LogP contribution in [0.5, 0.6) is 0 Å². The molecule has 0 spiro atoms. The summed E-state index contributed by atoms with van der Waals surface area (Å²) in [5, 5.41) is 3.52. The molecule has 0 aromatic rings. The van der Waals surface area contributed by atoms with Crippen molar-refractivity contribution in [3.63, 3.8) is 0 Å². The maximum atomic E-state index is 11.3. The predicted octanol–water partition coefficient (Wildman–Crippen LogP) is 0.837. The van der Waals surface area contributed by atoms with Crippen molar-refractivity contribution in [3.8, 4) is 0 Å². The zero-order chi connectivity index (χ0) is 16.9. The Morgan fingerprint density at radius 2 is 1.50 bits per heavy atom. The van der Waals surface area contributed by atoms with Crippen molar-refractivity contribution in [1.29, 1.82) is 0 Å². The van der Waals surface area contributed by atoms with Crippen LogP contribution < -0.4 is 0 Å². The number of rotatable bonds is 4. The van der Waals surface area contributed by atoms with Crippen LogP contribution >= 0.6 is 0 Å². The summed E-state index contributed by atoms with van der Waals surface area (Å²) in [7, 11) is 0. The molecule has 10 heteroatoms. The maximum absolute atomic E-state index is 11.3. The SMILES string of the molecule is CC(=O)O[C@H]1O[C@H](C)[C@H](N=[N+]=[N-])[C@H](OC(C)=O)[C@H]1OC(C)=O. The van der Waals surface area contributed by atoms with Gasteiger partial charge in [0.15, 0.2) is 6.10 Å². The van der Waals surface area contributed by atoms with Crippen LogP contribution in [0.1, 0.15) is 27.7 Å². The lowest BCUT2D eigenvalue weighted by molar-refractivity contribution is -0.268. The minimum absolute atomic E-state index is 0.668. The third kappa shape index (κ3) is 4.61. The molecule has 0 N–H and O–H groups in total. The molecule has 0 aromatic heterocycles. The first-order valence-electron chi connectivity index (χ1n) is 6.47. The standard InChI is InChI=1S/C12H17N3O7/c1-5-9(14-15-13)10(20-6(2)16)11(21-7(3)17)12(19-5)22-8(4)18/h5,9-12H,1-4H3/t5-,9+,10+,11-,12-/m1/s1. The summed E-state index contributed by atoms with van der Waals surface area (Å²) in [4.78, 5) is 36.4. The summed E-state index contributed by atoms with van der Waals surface area (Å²) in [6.45, 7) is 4.99. The van der Waals surface area contributed by atoms with Crippen LogP contribution in [0.4, 0.5) is 0 Å². The summed E-state index contributed by atoms with van der Waals surface area (Å²) in [6.07, 6.45) is -4.37. The van der Waals surface area contributed by atoms with Gasteiger partial charge in [0.1, 0.15) is 6.04 Å². The minimum atomic E-state index is -1.27. The fourth-order valence-corrected chi connectivity index (χ4v) is 2.11. The van der Waals surface area contributed by atoms with Gasteiger partial charge in [0.05, 0.1) is 6.10 Å². The van der Waals surface area contributed by atoms with Gasteiger partial charge >= 0.3 is 17.9 Å². The Morgan fingerprint density at radius 1 is 1.00 bits per heavy atom. The van der Waals surface area contributed by atoms with Gasteiger partial charge in [-0.25, -0.2) is 0 Å². The number of hydrogen-bond donors (Lipinski definition) is 0. The summed E-state index contributed by atoms with van der Waals surface area (Å²) in [6, 6.07) is -0.940. The molecule has 0 amide bonds. The van der Waals surface area contributed by atoms with Gasteiger partial charge in [-0.3, -0.25) is 14.4 Å². The molecule has 0 aliphatic carbocycles. The van der Waals surface area contributed by atoms with Crippen LogP contribution in [0.2, 0.25) is 0 Å². The van der Waals surface area contributed by atoms with Crippen LogP contribution in [-0.2, 0) is 33.3 Å². The monoisotopic (exact) mass is 315 g/mol. The second-order valence-electron chi connectivity index (χ2n) is 4.66. The number of carbonyl (C=O) groups excluding carboxylic acids is 3. The summed E-state index contributed by atoms with van der Waals surface area (Å²) in [5.74, 6) is -2.04. The van der Waals surface area contributed by atoms with E-state index in [4.69, 9.17) is 24.5 Å². The van der Waals surface area contributed by atoms with E-state index in [2.05, 4.69) is 10.0 Å². The Kier molecular flexibility index (Phi) is 6.14. The number of nitrogens with zero attached hydrogens (tertiary/aromatic N) is 3. The number of esters is 3. The van der Waals surface area contributed by atoms with Gasteiger partial charge in [-0.1, -0.05) is 5.11 Å². The lowest BCUT2D eigenvalue weighted by Crippen LogP contribution is -2.59. The maximum Gasteiger partial charge on any atom is 0.305 e. The number of ether oxygens (including phenoxy) is 4. The molecule has 1 saturated heterocycles. The van der Waals surface area contributed by atoms with E-state index in [0.29, 0.717) is 0 Å². The van der Waals surface area contributed by atoms with E-state index in [1.165, 1.54) is 0 Å². The first-order chi connectivity index (χ1) is 10.3. The molecule has 1 rings (SSSR count). The van der Waals surface area contributed by atoms with Crippen molar-refractivity contribution in [2.24, 2.45) is 5.11 Å². The van der Waals surface area contributed by atoms with Gasteiger partial charge in [-0.2, -0.15) is 0 Å². The molecule has 0 unspecified atom stereocenters. The quantitative estimate of drug-likeness (QED) is 0.246. The molecule has 22 heavy (non-hydrogen) atoms. The highest BCUT2D eigenvalue weighted by atomic mass is 16.7. The molecule has 0 bridgehead atoms.